The monoisotopic (exact) mass is 409 g/mol. The maximum absolute atomic E-state index is 13.5. The Labute approximate surface area is 150 Å². The molecule has 0 spiro atoms. The van der Waals surface area contributed by atoms with Crippen LogP contribution in [-0.4, -0.2) is 29.1 Å². The summed E-state index contributed by atoms with van der Waals surface area (Å²) >= 11 is 3.34. The zero-order chi connectivity index (χ0) is 18.0. The van der Waals surface area contributed by atoms with Crippen molar-refractivity contribution in [2.45, 2.75) is 4.83 Å². The Morgan fingerprint density at radius 1 is 1.20 bits per heavy atom. The zero-order valence-corrected chi connectivity index (χ0v) is 14.5. The second kappa shape index (κ2) is 7.33. The van der Waals surface area contributed by atoms with Crippen LogP contribution < -0.4 is 4.74 Å². The highest BCUT2D eigenvalue weighted by Crippen LogP contribution is 2.36. The molecule has 0 saturated carbocycles. The van der Waals surface area contributed by atoms with E-state index in [1.165, 1.54) is 36.5 Å². The lowest BCUT2D eigenvalue weighted by atomic mass is 10.0. The van der Waals surface area contributed by atoms with Gasteiger partial charge in [-0.25, -0.2) is 8.78 Å². The Kier molecular flexibility index (Phi) is 5.15. The van der Waals surface area contributed by atoms with Crippen LogP contribution in [0.15, 0.2) is 42.6 Å². The average Bonchev–Trinajstić information content (AvgIpc) is 3.01. The molecule has 3 aromatic rings. The number of aromatic amines is 1. The number of benzene rings is 2. The number of hydrogen-bond acceptors (Lipinski definition) is 3. The van der Waals surface area contributed by atoms with Crippen molar-refractivity contribution in [1.29, 1.82) is 0 Å². The number of carbonyl (C=O) groups excluding carboxylic acids is 1. The SMILES string of the molecule is O=C(c1c[nH]c2cc(F)ccc12)C(Br)c1ccc(F)cc1OCCO. The van der Waals surface area contributed by atoms with E-state index in [9.17, 15) is 13.6 Å². The van der Waals surface area contributed by atoms with Gasteiger partial charge in [-0.3, -0.25) is 4.79 Å². The molecule has 4 nitrogen and oxygen atoms in total. The number of ketones is 1. The average molecular weight is 410 g/mol. The van der Waals surface area contributed by atoms with Crippen LogP contribution in [0.4, 0.5) is 8.78 Å². The summed E-state index contributed by atoms with van der Waals surface area (Å²) in [5.41, 5.74) is 1.34. The standard InChI is InChI=1S/C18H14BrF2NO3/c19-17(13-4-2-11(21)8-16(13)25-6-5-23)18(24)14-9-22-15-7-10(20)1-3-12(14)15/h1-4,7-9,17,22-23H,5-6H2. The number of fused-ring (bicyclic) bond motifs is 1. The van der Waals surface area contributed by atoms with Crippen LogP contribution in [0.2, 0.25) is 0 Å². The lowest BCUT2D eigenvalue weighted by molar-refractivity contribution is 0.0991. The third-order valence-electron chi connectivity index (χ3n) is 3.74. The van der Waals surface area contributed by atoms with E-state index in [-0.39, 0.29) is 24.7 Å². The molecule has 0 amide bonds. The highest BCUT2D eigenvalue weighted by molar-refractivity contribution is 9.09. The van der Waals surface area contributed by atoms with Gasteiger partial charge in [-0.2, -0.15) is 0 Å². The van der Waals surface area contributed by atoms with Gasteiger partial charge in [0.15, 0.2) is 5.78 Å². The normalized spacial score (nSPS) is 12.3. The molecule has 1 atom stereocenters. The van der Waals surface area contributed by atoms with Crippen LogP contribution in [0.1, 0.15) is 20.7 Å². The maximum atomic E-state index is 13.5. The Morgan fingerprint density at radius 2 is 1.92 bits per heavy atom. The summed E-state index contributed by atoms with van der Waals surface area (Å²) < 4.78 is 32.1. The van der Waals surface area contributed by atoms with E-state index in [4.69, 9.17) is 9.84 Å². The molecule has 130 valence electrons. The van der Waals surface area contributed by atoms with Crippen LogP contribution in [-0.2, 0) is 0 Å². The predicted molar refractivity (Wildman–Crippen MR) is 93.2 cm³/mol. The Morgan fingerprint density at radius 3 is 2.68 bits per heavy atom. The molecule has 2 N–H and O–H groups in total. The van der Waals surface area contributed by atoms with Crippen LogP contribution >= 0.6 is 15.9 Å². The number of halogens is 3. The van der Waals surface area contributed by atoms with Crippen LogP contribution in [0, 0.1) is 11.6 Å². The zero-order valence-electron chi connectivity index (χ0n) is 12.9. The number of aliphatic hydroxyl groups excluding tert-OH is 1. The number of nitrogens with one attached hydrogen (secondary N) is 1. The van der Waals surface area contributed by atoms with Gasteiger partial charge in [0.1, 0.15) is 28.8 Å². The van der Waals surface area contributed by atoms with Gasteiger partial charge in [-0.05, 0) is 24.3 Å². The first-order chi connectivity index (χ1) is 12.0. The minimum absolute atomic E-state index is 0.0171. The minimum Gasteiger partial charge on any atom is -0.491 e. The van der Waals surface area contributed by atoms with Gasteiger partial charge < -0.3 is 14.8 Å². The number of Topliss-reactive ketones (excluding diaryl/α,β-unsaturated/α-hetero) is 1. The molecule has 0 bridgehead atoms. The first kappa shape index (κ1) is 17.6. The smallest absolute Gasteiger partial charge is 0.183 e. The Hall–Kier alpha value is -2.25. The lowest BCUT2D eigenvalue weighted by Gasteiger charge is -2.15. The quantitative estimate of drug-likeness (QED) is 0.475. The van der Waals surface area contributed by atoms with E-state index >= 15 is 0 Å². The number of ether oxygens (including phenoxy) is 1. The summed E-state index contributed by atoms with van der Waals surface area (Å²) in [5, 5.41) is 9.49. The van der Waals surface area contributed by atoms with Gasteiger partial charge in [-0.1, -0.05) is 22.0 Å². The summed E-state index contributed by atoms with van der Waals surface area (Å²) in [4.78, 5) is 14.9. The molecule has 0 aliphatic heterocycles. The van der Waals surface area contributed by atoms with Gasteiger partial charge in [0, 0.05) is 34.3 Å². The van der Waals surface area contributed by atoms with E-state index in [0.29, 0.717) is 22.0 Å². The number of rotatable bonds is 6. The summed E-state index contributed by atoms with van der Waals surface area (Å²) in [6, 6.07) is 7.97. The summed E-state index contributed by atoms with van der Waals surface area (Å²) in [7, 11) is 0. The maximum Gasteiger partial charge on any atom is 0.183 e. The van der Waals surface area contributed by atoms with Gasteiger partial charge in [-0.15, -0.1) is 0 Å². The number of aromatic nitrogens is 1. The van der Waals surface area contributed by atoms with E-state index in [1.807, 2.05) is 0 Å². The number of carbonyl (C=O) groups is 1. The molecule has 3 rings (SSSR count). The molecule has 0 aliphatic rings. The fourth-order valence-corrected chi connectivity index (χ4v) is 3.20. The molecule has 1 aromatic heterocycles. The second-order valence-electron chi connectivity index (χ2n) is 5.37. The van der Waals surface area contributed by atoms with Gasteiger partial charge in [0.2, 0.25) is 0 Å². The van der Waals surface area contributed by atoms with Crippen molar-refractivity contribution in [3.05, 3.63) is 65.4 Å². The minimum atomic E-state index is -0.786. The van der Waals surface area contributed by atoms with Crippen molar-refractivity contribution in [1.82, 2.24) is 4.98 Å². The van der Waals surface area contributed by atoms with Gasteiger partial charge >= 0.3 is 0 Å². The molecule has 7 heteroatoms. The Balaban J connectivity index is 1.97. The van der Waals surface area contributed by atoms with E-state index in [2.05, 4.69) is 20.9 Å². The number of alkyl halides is 1. The highest BCUT2D eigenvalue weighted by atomic mass is 79.9. The second-order valence-corrected chi connectivity index (χ2v) is 6.29. The number of H-pyrrole nitrogens is 1. The van der Waals surface area contributed by atoms with Crippen molar-refractivity contribution >= 4 is 32.6 Å². The summed E-state index contributed by atoms with van der Waals surface area (Å²) in [6.07, 6.45) is 1.51. The highest BCUT2D eigenvalue weighted by Gasteiger charge is 2.25. The molecule has 0 radical (unpaired) electrons. The molecular weight excluding hydrogens is 396 g/mol. The molecule has 2 aromatic carbocycles. The van der Waals surface area contributed by atoms with Crippen molar-refractivity contribution < 1.29 is 23.4 Å². The van der Waals surface area contributed by atoms with Crippen LogP contribution in [0.5, 0.6) is 5.75 Å². The summed E-state index contributed by atoms with van der Waals surface area (Å²) in [6.45, 7) is -0.248. The first-order valence-electron chi connectivity index (χ1n) is 7.49. The van der Waals surface area contributed by atoms with E-state index in [1.54, 1.807) is 0 Å². The fourth-order valence-electron chi connectivity index (χ4n) is 2.58. The Bertz CT molecular complexity index is 926. The molecule has 0 fully saturated rings. The molecule has 0 saturated heterocycles. The molecular formula is C18H14BrF2NO3. The van der Waals surface area contributed by atoms with Crippen molar-refractivity contribution in [2.75, 3.05) is 13.2 Å². The predicted octanol–water partition coefficient (Wildman–Crippen LogP) is 4.14. The molecule has 1 unspecified atom stereocenters. The fraction of sp³-hybridized carbons (Fsp3) is 0.167. The molecule has 25 heavy (non-hydrogen) atoms. The third kappa shape index (κ3) is 3.57. The van der Waals surface area contributed by atoms with Crippen molar-refractivity contribution in [3.63, 3.8) is 0 Å². The first-order valence-corrected chi connectivity index (χ1v) is 8.41. The largest absolute Gasteiger partial charge is 0.491 e. The van der Waals surface area contributed by atoms with Crippen LogP contribution in [0.25, 0.3) is 10.9 Å². The number of aliphatic hydroxyl groups is 1. The van der Waals surface area contributed by atoms with Gasteiger partial charge in [0.25, 0.3) is 0 Å². The van der Waals surface area contributed by atoms with E-state index < -0.39 is 16.5 Å². The van der Waals surface area contributed by atoms with Crippen molar-refractivity contribution in [2.24, 2.45) is 0 Å². The molecule has 1 heterocycles. The topological polar surface area (TPSA) is 62.3 Å². The summed E-state index contributed by atoms with van der Waals surface area (Å²) in [5.74, 6) is -1.01. The molecule has 0 aliphatic carbocycles. The number of hydrogen-bond donors (Lipinski definition) is 2. The lowest BCUT2D eigenvalue weighted by Crippen LogP contribution is -2.10. The van der Waals surface area contributed by atoms with Crippen molar-refractivity contribution in [3.8, 4) is 5.75 Å². The van der Waals surface area contributed by atoms with Gasteiger partial charge in [0.05, 0.1) is 6.61 Å². The van der Waals surface area contributed by atoms with E-state index in [0.717, 1.165) is 6.07 Å². The van der Waals surface area contributed by atoms with Crippen LogP contribution in [0.3, 0.4) is 0 Å². The third-order valence-corrected chi connectivity index (χ3v) is 4.65.